The van der Waals surface area contributed by atoms with E-state index < -0.39 is 18.2 Å². The smallest absolute Gasteiger partial charge is 0.335 e. The van der Waals surface area contributed by atoms with Crippen LogP contribution in [0.5, 0.6) is 0 Å². The molecule has 0 amide bonds. The third-order valence-corrected chi connectivity index (χ3v) is 1.63. The summed E-state index contributed by atoms with van der Waals surface area (Å²) in [6.07, 6.45) is -0.765. The Morgan fingerprint density at radius 2 is 2.07 bits per heavy atom. The maximum Gasteiger partial charge on any atom is 0.335 e. The topological polar surface area (TPSA) is 104 Å². The molecular formula is C8H10N2O4. The number of carboxylic acids is 1. The minimum atomic E-state index is -1.88. The molecule has 0 fully saturated rings. The first-order valence-electron chi connectivity index (χ1n) is 3.90. The second kappa shape index (κ2) is 4.12. The molecule has 6 heteroatoms. The monoisotopic (exact) mass is 198 g/mol. The molecule has 1 rings (SSSR count). The first kappa shape index (κ1) is 10.6. The SMILES string of the molecule is Cc1cncc(C(O)C(O)C(=O)O)n1. The summed E-state index contributed by atoms with van der Waals surface area (Å²) in [5, 5.41) is 26.8. The molecule has 3 N–H and O–H groups in total. The van der Waals surface area contributed by atoms with E-state index in [2.05, 4.69) is 9.97 Å². The molecule has 1 heterocycles. The van der Waals surface area contributed by atoms with Crippen LogP contribution in [0.2, 0.25) is 0 Å². The van der Waals surface area contributed by atoms with Gasteiger partial charge in [0.1, 0.15) is 6.10 Å². The first-order chi connectivity index (χ1) is 6.52. The molecule has 1 aromatic heterocycles. The largest absolute Gasteiger partial charge is 0.479 e. The average molecular weight is 198 g/mol. The summed E-state index contributed by atoms with van der Waals surface area (Å²) in [6.45, 7) is 1.65. The standard InChI is InChI=1S/C8H10N2O4/c1-4-2-9-3-5(10-4)6(11)7(12)8(13)14/h2-3,6-7,11-12H,1H3,(H,13,14). The second-order valence-corrected chi connectivity index (χ2v) is 2.81. The fourth-order valence-electron chi connectivity index (χ4n) is 0.922. The molecular weight excluding hydrogens is 188 g/mol. The van der Waals surface area contributed by atoms with E-state index in [1.165, 1.54) is 12.4 Å². The summed E-state index contributed by atoms with van der Waals surface area (Å²) in [4.78, 5) is 17.9. The fourth-order valence-corrected chi connectivity index (χ4v) is 0.922. The number of aromatic nitrogens is 2. The van der Waals surface area contributed by atoms with E-state index in [0.717, 1.165) is 0 Å². The number of carboxylic acid groups (broad SMARTS) is 1. The van der Waals surface area contributed by atoms with Gasteiger partial charge in [-0.15, -0.1) is 0 Å². The average Bonchev–Trinajstić information content (AvgIpc) is 2.15. The predicted molar refractivity (Wildman–Crippen MR) is 45.4 cm³/mol. The summed E-state index contributed by atoms with van der Waals surface area (Å²) >= 11 is 0. The van der Waals surface area contributed by atoms with Gasteiger partial charge in [0, 0.05) is 6.20 Å². The van der Waals surface area contributed by atoms with Gasteiger partial charge in [0.25, 0.3) is 0 Å². The van der Waals surface area contributed by atoms with Crippen molar-refractivity contribution >= 4 is 5.97 Å². The lowest BCUT2D eigenvalue weighted by Crippen LogP contribution is -2.28. The number of nitrogens with zero attached hydrogens (tertiary/aromatic N) is 2. The maximum absolute atomic E-state index is 10.3. The van der Waals surface area contributed by atoms with Crippen molar-refractivity contribution in [3.8, 4) is 0 Å². The van der Waals surface area contributed by atoms with E-state index in [0.29, 0.717) is 5.69 Å². The van der Waals surface area contributed by atoms with Gasteiger partial charge in [-0.3, -0.25) is 9.97 Å². The number of hydrogen-bond acceptors (Lipinski definition) is 5. The van der Waals surface area contributed by atoms with Crippen LogP contribution in [-0.4, -0.2) is 37.4 Å². The molecule has 0 saturated heterocycles. The van der Waals surface area contributed by atoms with Crippen LogP contribution in [0.15, 0.2) is 12.4 Å². The summed E-state index contributed by atoms with van der Waals surface area (Å²) in [7, 11) is 0. The van der Waals surface area contributed by atoms with Crippen molar-refractivity contribution in [3.63, 3.8) is 0 Å². The van der Waals surface area contributed by atoms with Gasteiger partial charge in [-0.1, -0.05) is 0 Å². The third-order valence-electron chi connectivity index (χ3n) is 1.63. The quantitative estimate of drug-likeness (QED) is 0.591. The third kappa shape index (κ3) is 2.24. The van der Waals surface area contributed by atoms with Crippen LogP contribution >= 0.6 is 0 Å². The van der Waals surface area contributed by atoms with E-state index in [1.807, 2.05) is 0 Å². The van der Waals surface area contributed by atoms with Crippen LogP contribution in [0.25, 0.3) is 0 Å². The molecule has 0 aliphatic rings. The van der Waals surface area contributed by atoms with Crippen LogP contribution < -0.4 is 0 Å². The molecule has 14 heavy (non-hydrogen) atoms. The van der Waals surface area contributed by atoms with Crippen molar-refractivity contribution in [2.24, 2.45) is 0 Å². The number of carbonyl (C=O) groups is 1. The lowest BCUT2D eigenvalue weighted by Gasteiger charge is -2.12. The highest BCUT2D eigenvalue weighted by Gasteiger charge is 2.26. The van der Waals surface area contributed by atoms with E-state index in [1.54, 1.807) is 6.92 Å². The fraction of sp³-hybridized carbons (Fsp3) is 0.375. The van der Waals surface area contributed by atoms with Crippen LogP contribution in [0.4, 0.5) is 0 Å². The Morgan fingerprint density at radius 3 is 2.57 bits per heavy atom. The van der Waals surface area contributed by atoms with Crippen molar-refractivity contribution in [2.45, 2.75) is 19.1 Å². The lowest BCUT2D eigenvalue weighted by molar-refractivity contribution is -0.153. The van der Waals surface area contributed by atoms with Crippen LogP contribution in [0, 0.1) is 6.92 Å². The Hall–Kier alpha value is -1.53. The number of rotatable bonds is 3. The molecule has 1 aromatic rings. The van der Waals surface area contributed by atoms with E-state index in [4.69, 9.17) is 10.2 Å². The Balaban J connectivity index is 2.89. The molecule has 0 spiro atoms. The van der Waals surface area contributed by atoms with Crippen molar-refractivity contribution in [1.82, 2.24) is 9.97 Å². The zero-order valence-corrected chi connectivity index (χ0v) is 7.45. The molecule has 0 aliphatic heterocycles. The molecule has 0 bridgehead atoms. The molecule has 2 unspecified atom stereocenters. The Labute approximate surface area is 79.9 Å². The molecule has 2 atom stereocenters. The van der Waals surface area contributed by atoms with Crippen molar-refractivity contribution in [1.29, 1.82) is 0 Å². The maximum atomic E-state index is 10.3. The highest BCUT2D eigenvalue weighted by molar-refractivity contribution is 5.72. The molecule has 0 aromatic carbocycles. The van der Waals surface area contributed by atoms with Gasteiger partial charge in [0.05, 0.1) is 17.6 Å². The minimum Gasteiger partial charge on any atom is -0.479 e. The normalized spacial score (nSPS) is 14.8. The van der Waals surface area contributed by atoms with Crippen molar-refractivity contribution in [2.75, 3.05) is 0 Å². The summed E-state index contributed by atoms with van der Waals surface area (Å²) < 4.78 is 0. The van der Waals surface area contributed by atoms with Crippen molar-refractivity contribution in [3.05, 3.63) is 23.8 Å². The minimum absolute atomic E-state index is 0.0416. The molecule has 6 nitrogen and oxygen atoms in total. The van der Waals surface area contributed by atoms with E-state index >= 15 is 0 Å². The molecule has 0 radical (unpaired) electrons. The Morgan fingerprint density at radius 1 is 1.43 bits per heavy atom. The van der Waals surface area contributed by atoms with Crippen LogP contribution in [-0.2, 0) is 4.79 Å². The van der Waals surface area contributed by atoms with Gasteiger partial charge in [-0.25, -0.2) is 4.79 Å². The van der Waals surface area contributed by atoms with Crippen molar-refractivity contribution < 1.29 is 20.1 Å². The van der Waals surface area contributed by atoms with E-state index in [-0.39, 0.29) is 5.69 Å². The molecule has 0 aliphatic carbocycles. The lowest BCUT2D eigenvalue weighted by atomic mass is 10.1. The first-order valence-corrected chi connectivity index (χ1v) is 3.90. The number of aliphatic hydroxyl groups is 2. The zero-order chi connectivity index (χ0) is 10.7. The number of aliphatic carboxylic acids is 1. The van der Waals surface area contributed by atoms with Gasteiger partial charge in [0.15, 0.2) is 6.10 Å². The van der Waals surface area contributed by atoms with Gasteiger partial charge in [-0.2, -0.15) is 0 Å². The second-order valence-electron chi connectivity index (χ2n) is 2.81. The van der Waals surface area contributed by atoms with Gasteiger partial charge >= 0.3 is 5.97 Å². The zero-order valence-electron chi connectivity index (χ0n) is 7.45. The number of hydrogen-bond donors (Lipinski definition) is 3. The van der Waals surface area contributed by atoms with E-state index in [9.17, 15) is 9.90 Å². The van der Waals surface area contributed by atoms with Gasteiger partial charge in [0.2, 0.25) is 0 Å². The van der Waals surface area contributed by atoms with Gasteiger partial charge in [-0.05, 0) is 6.92 Å². The Bertz CT molecular complexity index is 342. The summed E-state index contributed by atoms with van der Waals surface area (Å²) in [5.74, 6) is -1.50. The number of aryl methyl sites for hydroxylation is 1. The molecule has 0 saturated carbocycles. The summed E-state index contributed by atoms with van der Waals surface area (Å²) in [6, 6.07) is 0. The number of aliphatic hydroxyl groups excluding tert-OH is 2. The predicted octanol–water partition coefficient (Wildman–Crippen LogP) is -0.736. The highest BCUT2D eigenvalue weighted by atomic mass is 16.4. The van der Waals surface area contributed by atoms with Crippen LogP contribution in [0.3, 0.4) is 0 Å². The molecule has 76 valence electrons. The van der Waals surface area contributed by atoms with Gasteiger partial charge < -0.3 is 15.3 Å². The summed E-state index contributed by atoms with van der Waals surface area (Å²) in [5.41, 5.74) is 0.582. The Kier molecular flexibility index (Phi) is 3.10. The van der Waals surface area contributed by atoms with Crippen LogP contribution in [0.1, 0.15) is 17.5 Å². The highest BCUT2D eigenvalue weighted by Crippen LogP contribution is 2.13.